The molecule has 2 aromatic rings. The molecule has 0 unspecified atom stereocenters. The van der Waals surface area contributed by atoms with Crippen molar-refractivity contribution < 1.29 is 19.1 Å². The molecule has 1 N–H and O–H groups in total. The molecule has 1 fully saturated rings. The number of anilines is 1. The maximum absolute atomic E-state index is 12.7. The number of nitrogens with one attached hydrogen (secondary N) is 1. The number of likely N-dealkylation sites (tertiary alicyclic amines) is 1. The van der Waals surface area contributed by atoms with Gasteiger partial charge in [-0.3, -0.25) is 9.59 Å². The molecular formula is C20H21ClN2O4. The topological polar surface area (TPSA) is 67.9 Å². The predicted molar refractivity (Wildman–Crippen MR) is 103 cm³/mol. The Balaban J connectivity index is 1.68. The van der Waals surface area contributed by atoms with Crippen LogP contribution < -0.4 is 14.8 Å². The summed E-state index contributed by atoms with van der Waals surface area (Å²) in [5.74, 6) is 0.204. The van der Waals surface area contributed by atoms with E-state index in [1.54, 1.807) is 17.0 Å². The predicted octanol–water partition coefficient (Wildman–Crippen LogP) is 3.34. The molecule has 1 atom stereocenters. The van der Waals surface area contributed by atoms with Crippen molar-refractivity contribution >= 4 is 29.1 Å². The van der Waals surface area contributed by atoms with Crippen molar-refractivity contribution in [3.8, 4) is 11.5 Å². The van der Waals surface area contributed by atoms with E-state index >= 15 is 0 Å². The minimum Gasteiger partial charge on any atom is -0.495 e. The van der Waals surface area contributed by atoms with Gasteiger partial charge in [-0.1, -0.05) is 41.9 Å². The van der Waals surface area contributed by atoms with Crippen LogP contribution in [-0.2, 0) is 16.1 Å². The van der Waals surface area contributed by atoms with E-state index in [1.807, 2.05) is 30.3 Å². The first-order chi connectivity index (χ1) is 13.0. The summed E-state index contributed by atoms with van der Waals surface area (Å²) in [7, 11) is 3.00. The maximum Gasteiger partial charge on any atom is 0.229 e. The van der Waals surface area contributed by atoms with Crippen LogP contribution in [0.25, 0.3) is 0 Å². The molecule has 0 bridgehead atoms. The third-order valence-corrected chi connectivity index (χ3v) is 4.83. The molecule has 2 amide bonds. The summed E-state index contributed by atoms with van der Waals surface area (Å²) in [6, 6.07) is 12.9. The highest BCUT2D eigenvalue weighted by molar-refractivity contribution is 6.32. The van der Waals surface area contributed by atoms with Crippen molar-refractivity contribution in [2.45, 2.75) is 13.0 Å². The average Bonchev–Trinajstić information content (AvgIpc) is 3.03. The van der Waals surface area contributed by atoms with Crippen molar-refractivity contribution in [3.63, 3.8) is 0 Å². The minimum atomic E-state index is -0.424. The van der Waals surface area contributed by atoms with Crippen molar-refractivity contribution in [2.75, 3.05) is 26.1 Å². The van der Waals surface area contributed by atoms with E-state index in [9.17, 15) is 9.59 Å². The fourth-order valence-electron chi connectivity index (χ4n) is 3.10. The van der Waals surface area contributed by atoms with Crippen molar-refractivity contribution in [3.05, 3.63) is 53.1 Å². The van der Waals surface area contributed by atoms with E-state index in [-0.39, 0.29) is 18.2 Å². The summed E-state index contributed by atoms with van der Waals surface area (Å²) >= 11 is 6.14. The third kappa shape index (κ3) is 4.34. The van der Waals surface area contributed by atoms with Crippen LogP contribution in [0.15, 0.2) is 42.5 Å². The van der Waals surface area contributed by atoms with Gasteiger partial charge in [-0.05, 0) is 11.6 Å². The van der Waals surface area contributed by atoms with Gasteiger partial charge in [-0.15, -0.1) is 0 Å². The highest BCUT2D eigenvalue weighted by Gasteiger charge is 2.34. The zero-order chi connectivity index (χ0) is 19.4. The molecular weight excluding hydrogens is 368 g/mol. The molecule has 142 valence electrons. The zero-order valence-corrected chi connectivity index (χ0v) is 16.0. The lowest BCUT2D eigenvalue weighted by Gasteiger charge is -2.17. The second-order valence-electron chi connectivity index (χ2n) is 6.34. The number of rotatable bonds is 6. The number of carbonyl (C=O) groups is 2. The number of hydrogen-bond donors (Lipinski definition) is 1. The average molecular weight is 389 g/mol. The van der Waals surface area contributed by atoms with Crippen LogP contribution >= 0.6 is 11.6 Å². The molecule has 6 nitrogen and oxygen atoms in total. The molecule has 0 aromatic heterocycles. The summed E-state index contributed by atoms with van der Waals surface area (Å²) < 4.78 is 10.5. The quantitative estimate of drug-likeness (QED) is 0.824. The Morgan fingerprint density at radius 1 is 1.19 bits per heavy atom. The van der Waals surface area contributed by atoms with Gasteiger partial charge in [0, 0.05) is 25.6 Å². The fourth-order valence-corrected chi connectivity index (χ4v) is 3.34. The SMILES string of the molecule is COc1cc(OC)c(NC(=O)[C@H]2CC(=O)N(Cc3ccccc3)C2)cc1Cl. The number of amides is 2. The smallest absolute Gasteiger partial charge is 0.229 e. The van der Waals surface area contributed by atoms with Gasteiger partial charge in [-0.2, -0.15) is 0 Å². The summed E-state index contributed by atoms with van der Waals surface area (Å²) in [4.78, 5) is 26.7. The summed E-state index contributed by atoms with van der Waals surface area (Å²) in [5, 5.41) is 3.18. The van der Waals surface area contributed by atoms with Crippen LogP contribution in [-0.4, -0.2) is 37.5 Å². The Morgan fingerprint density at radius 2 is 1.89 bits per heavy atom. The van der Waals surface area contributed by atoms with Crippen LogP contribution in [0.2, 0.25) is 5.02 Å². The molecule has 1 aliphatic heterocycles. The molecule has 27 heavy (non-hydrogen) atoms. The van der Waals surface area contributed by atoms with E-state index in [1.165, 1.54) is 14.2 Å². The monoisotopic (exact) mass is 388 g/mol. The van der Waals surface area contributed by atoms with E-state index in [2.05, 4.69) is 5.32 Å². The number of ether oxygens (including phenoxy) is 2. The standard InChI is InChI=1S/C20H21ClN2O4/c1-26-17-10-18(27-2)16(9-15(17)21)22-20(25)14-8-19(24)23(12-14)11-13-6-4-3-5-7-13/h3-7,9-10,14H,8,11-12H2,1-2H3,(H,22,25)/t14-/m0/s1. The maximum atomic E-state index is 12.7. The summed E-state index contributed by atoms with van der Waals surface area (Å²) in [6.45, 7) is 0.882. The van der Waals surface area contributed by atoms with Crippen molar-refractivity contribution in [1.82, 2.24) is 4.90 Å². The van der Waals surface area contributed by atoms with Crippen LogP contribution in [0.4, 0.5) is 5.69 Å². The number of carbonyl (C=O) groups excluding carboxylic acids is 2. The van der Waals surface area contributed by atoms with E-state index in [0.29, 0.717) is 35.3 Å². The van der Waals surface area contributed by atoms with Gasteiger partial charge < -0.3 is 19.7 Å². The fraction of sp³-hybridized carbons (Fsp3) is 0.300. The van der Waals surface area contributed by atoms with E-state index in [0.717, 1.165) is 5.56 Å². The molecule has 1 aliphatic rings. The van der Waals surface area contributed by atoms with E-state index < -0.39 is 5.92 Å². The van der Waals surface area contributed by atoms with Crippen LogP contribution in [0.1, 0.15) is 12.0 Å². The van der Waals surface area contributed by atoms with Crippen LogP contribution in [0.3, 0.4) is 0 Å². The zero-order valence-electron chi connectivity index (χ0n) is 15.2. The van der Waals surface area contributed by atoms with Gasteiger partial charge in [0.2, 0.25) is 11.8 Å². The van der Waals surface area contributed by atoms with Gasteiger partial charge in [-0.25, -0.2) is 0 Å². The second-order valence-corrected chi connectivity index (χ2v) is 6.74. The lowest BCUT2D eigenvalue weighted by Crippen LogP contribution is -2.28. The molecule has 1 heterocycles. The van der Waals surface area contributed by atoms with Crippen molar-refractivity contribution in [1.29, 1.82) is 0 Å². The van der Waals surface area contributed by atoms with E-state index in [4.69, 9.17) is 21.1 Å². The lowest BCUT2D eigenvalue weighted by molar-refractivity contribution is -0.128. The number of benzene rings is 2. The number of hydrogen-bond acceptors (Lipinski definition) is 4. The lowest BCUT2D eigenvalue weighted by atomic mass is 10.1. The number of methoxy groups -OCH3 is 2. The Labute approximate surface area is 163 Å². The molecule has 0 spiro atoms. The first kappa shape index (κ1) is 19.0. The normalized spacial score (nSPS) is 16.3. The molecule has 0 saturated carbocycles. The number of nitrogens with zero attached hydrogens (tertiary/aromatic N) is 1. The van der Waals surface area contributed by atoms with Gasteiger partial charge in [0.25, 0.3) is 0 Å². The molecule has 0 aliphatic carbocycles. The molecule has 3 rings (SSSR count). The molecule has 0 radical (unpaired) electrons. The van der Waals surface area contributed by atoms with Gasteiger partial charge in [0.15, 0.2) is 0 Å². The summed E-state index contributed by atoms with van der Waals surface area (Å²) in [5.41, 5.74) is 1.48. The molecule has 7 heteroatoms. The van der Waals surface area contributed by atoms with Crippen LogP contribution in [0, 0.1) is 5.92 Å². The number of halogens is 1. The Kier molecular flexibility index (Phi) is 5.86. The minimum absolute atomic E-state index is 0.0290. The van der Waals surface area contributed by atoms with Crippen molar-refractivity contribution in [2.24, 2.45) is 5.92 Å². The Hall–Kier alpha value is -2.73. The summed E-state index contributed by atoms with van der Waals surface area (Å²) in [6.07, 6.45) is 0.185. The first-order valence-corrected chi connectivity index (χ1v) is 8.93. The second kappa shape index (κ2) is 8.31. The Bertz CT molecular complexity index is 841. The van der Waals surface area contributed by atoms with Crippen LogP contribution in [0.5, 0.6) is 11.5 Å². The van der Waals surface area contributed by atoms with Gasteiger partial charge in [0.05, 0.1) is 30.8 Å². The highest BCUT2D eigenvalue weighted by atomic mass is 35.5. The Morgan fingerprint density at radius 3 is 2.56 bits per heavy atom. The van der Waals surface area contributed by atoms with Gasteiger partial charge in [0.1, 0.15) is 11.5 Å². The first-order valence-electron chi connectivity index (χ1n) is 8.56. The molecule has 1 saturated heterocycles. The highest BCUT2D eigenvalue weighted by Crippen LogP contribution is 2.36. The molecule has 2 aromatic carbocycles. The third-order valence-electron chi connectivity index (χ3n) is 4.53. The largest absolute Gasteiger partial charge is 0.495 e. The van der Waals surface area contributed by atoms with Gasteiger partial charge >= 0.3 is 0 Å².